The van der Waals surface area contributed by atoms with Crippen LogP contribution in [0.25, 0.3) is 33.3 Å². The molecule has 8 nitrogen and oxygen atoms in total. The van der Waals surface area contributed by atoms with Gasteiger partial charge in [-0.3, -0.25) is 4.68 Å². The molecule has 1 aliphatic heterocycles. The summed E-state index contributed by atoms with van der Waals surface area (Å²) < 4.78 is 29.4. The van der Waals surface area contributed by atoms with Gasteiger partial charge in [-0.2, -0.15) is 9.40 Å². The molecular formula is C27H26N6O2S. The zero-order chi connectivity index (χ0) is 24.5. The molecule has 1 fully saturated rings. The van der Waals surface area contributed by atoms with E-state index >= 15 is 0 Å². The number of benzene rings is 2. The van der Waals surface area contributed by atoms with Gasteiger partial charge < -0.3 is 10.3 Å². The molecule has 0 unspecified atom stereocenters. The smallest absolute Gasteiger partial charge is 0.243 e. The van der Waals surface area contributed by atoms with Crippen LogP contribution in [0.15, 0.2) is 90.3 Å². The second-order valence-corrected chi connectivity index (χ2v) is 10.9. The quantitative estimate of drug-likeness (QED) is 0.372. The van der Waals surface area contributed by atoms with Crippen LogP contribution in [-0.4, -0.2) is 58.7 Å². The Morgan fingerprint density at radius 1 is 0.889 bits per heavy atom. The van der Waals surface area contributed by atoms with Gasteiger partial charge in [-0.15, -0.1) is 0 Å². The molecule has 1 aliphatic rings. The molecule has 4 heterocycles. The number of fused-ring (bicyclic) bond motifs is 1. The van der Waals surface area contributed by atoms with Crippen molar-refractivity contribution < 1.29 is 8.42 Å². The molecule has 1 saturated heterocycles. The van der Waals surface area contributed by atoms with Crippen LogP contribution in [0.1, 0.15) is 5.56 Å². The van der Waals surface area contributed by atoms with Crippen LogP contribution >= 0.6 is 0 Å². The predicted octanol–water partition coefficient (Wildman–Crippen LogP) is 3.74. The van der Waals surface area contributed by atoms with Crippen LogP contribution < -0.4 is 5.32 Å². The van der Waals surface area contributed by atoms with Crippen LogP contribution in [0.2, 0.25) is 0 Å². The third-order valence-electron chi connectivity index (χ3n) is 6.56. The van der Waals surface area contributed by atoms with E-state index in [9.17, 15) is 8.42 Å². The Kier molecular flexibility index (Phi) is 5.88. The SMILES string of the molecule is O=S(=O)(c1ccc(-c2cnc3[nH]cc(-c4cnn(Cc5ccccc5)c4)c3c2)cc1)N1CCNCC1. The molecule has 2 aromatic carbocycles. The lowest BCUT2D eigenvalue weighted by molar-refractivity contribution is 0.360. The second-order valence-electron chi connectivity index (χ2n) is 8.91. The number of sulfonamides is 1. The Bertz CT molecular complexity index is 1600. The van der Waals surface area contributed by atoms with E-state index in [4.69, 9.17) is 0 Å². The molecule has 0 bridgehead atoms. The first kappa shape index (κ1) is 22.7. The number of nitrogens with one attached hydrogen (secondary N) is 2. The molecule has 0 spiro atoms. The second kappa shape index (κ2) is 9.34. The third kappa shape index (κ3) is 4.32. The minimum absolute atomic E-state index is 0.315. The monoisotopic (exact) mass is 498 g/mol. The average Bonchev–Trinajstić information content (AvgIpc) is 3.56. The fraction of sp³-hybridized carbons (Fsp3) is 0.185. The van der Waals surface area contributed by atoms with Crippen LogP contribution in [-0.2, 0) is 16.6 Å². The lowest BCUT2D eigenvalue weighted by atomic mass is 10.0. The Hall–Kier alpha value is -3.79. The van der Waals surface area contributed by atoms with Crippen molar-refractivity contribution in [2.24, 2.45) is 0 Å². The maximum absolute atomic E-state index is 13.0. The number of hydrogen-bond acceptors (Lipinski definition) is 5. The molecule has 5 aromatic rings. The van der Waals surface area contributed by atoms with Crippen molar-refractivity contribution in [3.8, 4) is 22.3 Å². The van der Waals surface area contributed by atoms with Gasteiger partial charge in [0.2, 0.25) is 10.0 Å². The van der Waals surface area contributed by atoms with Gasteiger partial charge in [-0.25, -0.2) is 13.4 Å². The summed E-state index contributed by atoms with van der Waals surface area (Å²) in [5, 5.41) is 8.72. The van der Waals surface area contributed by atoms with Crippen LogP contribution in [0.4, 0.5) is 0 Å². The van der Waals surface area contributed by atoms with E-state index in [2.05, 4.69) is 38.6 Å². The third-order valence-corrected chi connectivity index (χ3v) is 8.48. The van der Waals surface area contributed by atoms with Gasteiger partial charge in [-0.05, 0) is 29.3 Å². The maximum atomic E-state index is 13.0. The zero-order valence-corrected chi connectivity index (χ0v) is 20.4. The van der Waals surface area contributed by atoms with Crippen molar-refractivity contribution in [1.82, 2.24) is 29.4 Å². The molecule has 0 atom stereocenters. The first-order valence-electron chi connectivity index (χ1n) is 11.9. The van der Waals surface area contributed by atoms with Gasteiger partial charge in [0.1, 0.15) is 5.65 Å². The largest absolute Gasteiger partial charge is 0.346 e. The fourth-order valence-electron chi connectivity index (χ4n) is 4.61. The average molecular weight is 499 g/mol. The van der Waals surface area contributed by atoms with E-state index in [-0.39, 0.29) is 0 Å². The molecule has 2 N–H and O–H groups in total. The van der Waals surface area contributed by atoms with Gasteiger partial charge in [0.15, 0.2) is 0 Å². The number of aromatic amines is 1. The topological polar surface area (TPSA) is 95.9 Å². The maximum Gasteiger partial charge on any atom is 0.243 e. The Balaban J connectivity index is 1.28. The molecule has 9 heteroatoms. The molecule has 0 amide bonds. The number of pyridine rings is 1. The van der Waals surface area contributed by atoms with Crippen LogP contribution in [0.3, 0.4) is 0 Å². The summed E-state index contributed by atoms with van der Waals surface area (Å²) in [7, 11) is -3.49. The highest BCUT2D eigenvalue weighted by molar-refractivity contribution is 7.89. The Morgan fingerprint density at radius 3 is 2.44 bits per heavy atom. The number of H-pyrrole nitrogens is 1. The van der Waals surface area contributed by atoms with Gasteiger partial charge in [0, 0.05) is 66.8 Å². The molecule has 36 heavy (non-hydrogen) atoms. The first-order valence-corrected chi connectivity index (χ1v) is 13.4. The summed E-state index contributed by atoms with van der Waals surface area (Å²) in [5.74, 6) is 0. The van der Waals surface area contributed by atoms with Crippen molar-refractivity contribution in [3.63, 3.8) is 0 Å². The minimum Gasteiger partial charge on any atom is -0.346 e. The summed E-state index contributed by atoms with van der Waals surface area (Å²) in [6, 6.07) is 19.4. The predicted molar refractivity (Wildman–Crippen MR) is 140 cm³/mol. The van der Waals surface area contributed by atoms with E-state index in [1.54, 1.807) is 18.3 Å². The standard InChI is InChI=1S/C27H26N6O2S/c34-36(35,33-12-10-28-11-13-33)24-8-6-21(7-9-24)22-14-25-26(17-30-27(25)29-15-22)23-16-31-32(19-23)18-20-4-2-1-3-5-20/h1-9,14-17,19,28H,10-13,18H2,(H,29,30). The summed E-state index contributed by atoms with van der Waals surface area (Å²) in [5.41, 5.74) is 5.85. The number of hydrogen-bond donors (Lipinski definition) is 2. The highest BCUT2D eigenvalue weighted by Gasteiger charge is 2.25. The van der Waals surface area contributed by atoms with Gasteiger partial charge in [-0.1, -0.05) is 42.5 Å². The van der Waals surface area contributed by atoms with Crippen molar-refractivity contribution in [2.75, 3.05) is 26.2 Å². The van der Waals surface area contributed by atoms with Gasteiger partial charge in [0.05, 0.1) is 17.6 Å². The summed E-state index contributed by atoms with van der Waals surface area (Å²) in [4.78, 5) is 8.17. The van der Waals surface area contributed by atoms with E-state index in [0.29, 0.717) is 37.6 Å². The summed E-state index contributed by atoms with van der Waals surface area (Å²) in [6.45, 7) is 3.03. The number of piperazine rings is 1. The van der Waals surface area contributed by atoms with Crippen LogP contribution in [0, 0.1) is 0 Å². The lowest BCUT2D eigenvalue weighted by Crippen LogP contribution is -2.46. The minimum atomic E-state index is -3.49. The first-order chi connectivity index (χ1) is 17.6. The molecule has 182 valence electrons. The molecule has 0 radical (unpaired) electrons. The van der Waals surface area contributed by atoms with Crippen molar-refractivity contribution in [1.29, 1.82) is 0 Å². The van der Waals surface area contributed by atoms with E-state index in [0.717, 1.165) is 33.3 Å². The molecular weight excluding hydrogens is 472 g/mol. The van der Waals surface area contributed by atoms with E-state index < -0.39 is 10.0 Å². The Labute approximate surface area is 209 Å². The zero-order valence-electron chi connectivity index (χ0n) is 19.6. The van der Waals surface area contributed by atoms with Crippen molar-refractivity contribution in [3.05, 3.63) is 91.0 Å². The molecule has 6 rings (SSSR count). The number of rotatable bonds is 6. The summed E-state index contributed by atoms with van der Waals surface area (Å²) in [6.07, 6.45) is 7.67. The van der Waals surface area contributed by atoms with E-state index in [1.807, 2.05) is 53.6 Å². The number of nitrogens with zero attached hydrogens (tertiary/aromatic N) is 4. The van der Waals surface area contributed by atoms with Gasteiger partial charge in [0.25, 0.3) is 0 Å². The lowest BCUT2D eigenvalue weighted by Gasteiger charge is -2.26. The number of aromatic nitrogens is 4. The highest BCUT2D eigenvalue weighted by Crippen LogP contribution is 2.31. The molecule has 0 aliphatic carbocycles. The van der Waals surface area contributed by atoms with Crippen molar-refractivity contribution in [2.45, 2.75) is 11.4 Å². The highest BCUT2D eigenvalue weighted by atomic mass is 32.2. The normalized spacial score (nSPS) is 14.9. The Morgan fingerprint density at radius 2 is 1.67 bits per heavy atom. The van der Waals surface area contributed by atoms with Crippen LogP contribution in [0.5, 0.6) is 0 Å². The van der Waals surface area contributed by atoms with Gasteiger partial charge >= 0.3 is 0 Å². The van der Waals surface area contributed by atoms with E-state index in [1.165, 1.54) is 9.87 Å². The van der Waals surface area contributed by atoms with Crippen molar-refractivity contribution >= 4 is 21.1 Å². The summed E-state index contributed by atoms with van der Waals surface area (Å²) >= 11 is 0. The molecule has 0 saturated carbocycles. The molecule has 3 aromatic heterocycles. The fourth-order valence-corrected chi connectivity index (χ4v) is 6.05.